The summed E-state index contributed by atoms with van der Waals surface area (Å²) in [6.07, 6.45) is 0. The van der Waals surface area contributed by atoms with Crippen LogP contribution in [0.15, 0.2) is 15.7 Å². The molecule has 2 N–H and O–H groups in total. The minimum Gasteiger partial charge on any atom is -0.316 e. The first kappa shape index (κ1) is 16.6. The lowest BCUT2D eigenvalue weighted by Crippen LogP contribution is -2.34. The van der Waals surface area contributed by atoms with Crippen LogP contribution in [0.5, 0.6) is 0 Å². The first-order valence-corrected chi connectivity index (χ1v) is 8.83. The van der Waals surface area contributed by atoms with Gasteiger partial charge >= 0.3 is 0 Å². The van der Waals surface area contributed by atoms with Gasteiger partial charge in [-0.2, -0.15) is 0 Å². The largest absolute Gasteiger partial charge is 0.316 e. The third kappa shape index (κ3) is 5.19. The van der Waals surface area contributed by atoms with Crippen LogP contribution >= 0.6 is 11.3 Å². The van der Waals surface area contributed by atoms with Crippen molar-refractivity contribution in [1.29, 1.82) is 0 Å². The molecule has 0 saturated heterocycles. The molecule has 0 saturated carbocycles. The van der Waals surface area contributed by atoms with Crippen molar-refractivity contribution in [3.05, 3.63) is 17.0 Å². The number of thiophene rings is 1. The number of hydrogen-bond donors (Lipinski definition) is 2. The second-order valence-electron chi connectivity index (χ2n) is 4.23. The van der Waals surface area contributed by atoms with E-state index in [0.29, 0.717) is 17.3 Å². The molecule has 1 aromatic heterocycles. The molecule has 0 atom stereocenters. The topological polar surface area (TPSA) is 61.4 Å². The van der Waals surface area contributed by atoms with Gasteiger partial charge < -0.3 is 10.2 Å². The Morgan fingerprint density at radius 2 is 2.00 bits per heavy atom. The molecule has 0 bridgehead atoms. The van der Waals surface area contributed by atoms with Gasteiger partial charge in [-0.1, -0.05) is 13.8 Å². The molecule has 0 aliphatic heterocycles. The van der Waals surface area contributed by atoms with Gasteiger partial charge in [-0.25, -0.2) is 13.1 Å². The lowest BCUT2D eigenvalue weighted by Gasteiger charge is -2.17. The van der Waals surface area contributed by atoms with Gasteiger partial charge in [-0.15, -0.1) is 11.3 Å². The predicted octanol–water partition coefficient (Wildman–Crippen LogP) is 1.09. The molecular weight excluding hydrogens is 282 g/mol. The molecule has 0 aliphatic carbocycles. The van der Waals surface area contributed by atoms with Crippen LogP contribution in [-0.4, -0.2) is 46.5 Å². The molecule has 1 rings (SSSR count). The van der Waals surface area contributed by atoms with Crippen molar-refractivity contribution in [3.8, 4) is 0 Å². The zero-order valence-electron chi connectivity index (χ0n) is 11.8. The van der Waals surface area contributed by atoms with E-state index in [2.05, 4.69) is 28.8 Å². The summed E-state index contributed by atoms with van der Waals surface area (Å²) in [6, 6.07) is 1.72. The summed E-state index contributed by atoms with van der Waals surface area (Å²) in [5, 5.41) is 4.88. The third-order valence-electron chi connectivity index (χ3n) is 2.89. The number of sulfonamides is 1. The van der Waals surface area contributed by atoms with Crippen molar-refractivity contribution in [1.82, 2.24) is 14.9 Å². The van der Waals surface area contributed by atoms with Gasteiger partial charge in [0.25, 0.3) is 0 Å². The van der Waals surface area contributed by atoms with Gasteiger partial charge in [0.15, 0.2) is 0 Å². The maximum atomic E-state index is 12.1. The molecule has 0 aromatic carbocycles. The Morgan fingerprint density at radius 1 is 1.32 bits per heavy atom. The van der Waals surface area contributed by atoms with E-state index in [1.54, 1.807) is 6.07 Å². The SMILES string of the molecule is CCN(CC)CCNS(=O)(=O)c1cc(CNC)cs1. The van der Waals surface area contributed by atoms with E-state index in [1.165, 1.54) is 11.3 Å². The summed E-state index contributed by atoms with van der Waals surface area (Å²) >= 11 is 1.26. The van der Waals surface area contributed by atoms with Crippen LogP contribution in [0.4, 0.5) is 0 Å². The fourth-order valence-electron chi connectivity index (χ4n) is 1.74. The van der Waals surface area contributed by atoms with Gasteiger partial charge in [0.1, 0.15) is 4.21 Å². The lowest BCUT2D eigenvalue weighted by atomic mass is 10.3. The first-order valence-electron chi connectivity index (χ1n) is 6.47. The average molecular weight is 305 g/mol. The molecule has 7 heteroatoms. The van der Waals surface area contributed by atoms with Crippen molar-refractivity contribution in [2.75, 3.05) is 33.2 Å². The van der Waals surface area contributed by atoms with E-state index >= 15 is 0 Å². The highest BCUT2D eigenvalue weighted by molar-refractivity contribution is 7.91. The fourth-order valence-corrected chi connectivity index (χ4v) is 4.01. The number of nitrogens with one attached hydrogen (secondary N) is 2. The minimum atomic E-state index is -3.36. The number of likely N-dealkylation sites (N-methyl/N-ethyl adjacent to an activating group) is 1. The normalized spacial score (nSPS) is 12.2. The molecule has 1 heterocycles. The first-order chi connectivity index (χ1) is 9.03. The number of rotatable bonds is 9. The van der Waals surface area contributed by atoms with Gasteiger partial charge in [-0.05, 0) is 37.1 Å². The predicted molar refractivity (Wildman–Crippen MR) is 80.1 cm³/mol. The van der Waals surface area contributed by atoms with Crippen molar-refractivity contribution in [2.24, 2.45) is 0 Å². The van der Waals surface area contributed by atoms with Crippen LogP contribution in [0.3, 0.4) is 0 Å². The molecule has 0 fully saturated rings. The number of nitrogens with zero attached hydrogens (tertiary/aromatic N) is 1. The van der Waals surface area contributed by atoms with Crippen LogP contribution in [0, 0.1) is 0 Å². The third-order valence-corrected chi connectivity index (χ3v) is 5.84. The molecule has 0 radical (unpaired) electrons. The Kier molecular flexibility index (Phi) is 6.95. The highest BCUT2D eigenvalue weighted by atomic mass is 32.2. The lowest BCUT2D eigenvalue weighted by molar-refractivity contribution is 0.309. The average Bonchev–Trinajstić information content (AvgIpc) is 2.84. The molecule has 0 unspecified atom stereocenters. The van der Waals surface area contributed by atoms with Crippen LogP contribution in [0.25, 0.3) is 0 Å². The Labute approximate surface area is 120 Å². The molecule has 0 amide bonds. The van der Waals surface area contributed by atoms with Crippen molar-refractivity contribution in [2.45, 2.75) is 24.6 Å². The summed E-state index contributed by atoms with van der Waals surface area (Å²) in [5.74, 6) is 0. The van der Waals surface area contributed by atoms with Gasteiger partial charge in [0.05, 0.1) is 0 Å². The van der Waals surface area contributed by atoms with Crippen molar-refractivity contribution in [3.63, 3.8) is 0 Å². The fraction of sp³-hybridized carbons (Fsp3) is 0.667. The quantitative estimate of drug-likeness (QED) is 0.717. The molecule has 0 spiro atoms. The van der Waals surface area contributed by atoms with Crippen LogP contribution in [-0.2, 0) is 16.6 Å². The second-order valence-corrected chi connectivity index (χ2v) is 7.13. The van der Waals surface area contributed by atoms with Crippen LogP contribution in [0.2, 0.25) is 0 Å². The van der Waals surface area contributed by atoms with E-state index in [9.17, 15) is 8.42 Å². The van der Waals surface area contributed by atoms with E-state index in [4.69, 9.17) is 0 Å². The summed E-state index contributed by atoms with van der Waals surface area (Å²) < 4.78 is 27.2. The summed E-state index contributed by atoms with van der Waals surface area (Å²) in [4.78, 5) is 2.18. The molecule has 5 nitrogen and oxygen atoms in total. The van der Waals surface area contributed by atoms with E-state index < -0.39 is 10.0 Å². The van der Waals surface area contributed by atoms with Crippen molar-refractivity contribution < 1.29 is 8.42 Å². The Bertz CT molecular complexity index is 467. The maximum absolute atomic E-state index is 12.1. The van der Waals surface area contributed by atoms with E-state index in [1.807, 2.05) is 12.4 Å². The summed E-state index contributed by atoms with van der Waals surface area (Å²) in [6.45, 7) is 7.88. The highest BCUT2D eigenvalue weighted by Crippen LogP contribution is 2.19. The summed E-state index contributed by atoms with van der Waals surface area (Å²) in [7, 11) is -1.51. The molecule has 0 aliphatic rings. The van der Waals surface area contributed by atoms with Crippen molar-refractivity contribution >= 4 is 21.4 Å². The Morgan fingerprint density at radius 3 is 2.58 bits per heavy atom. The second kappa shape index (κ2) is 7.96. The Hall–Kier alpha value is -0.470. The van der Waals surface area contributed by atoms with Crippen LogP contribution in [0.1, 0.15) is 19.4 Å². The van der Waals surface area contributed by atoms with Gasteiger partial charge in [-0.3, -0.25) is 0 Å². The number of hydrogen-bond acceptors (Lipinski definition) is 5. The smallest absolute Gasteiger partial charge is 0.250 e. The van der Waals surface area contributed by atoms with E-state index in [-0.39, 0.29) is 0 Å². The molecule has 1 aromatic rings. The minimum absolute atomic E-state index is 0.386. The molecular formula is C12H23N3O2S2. The summed E-state index contributed by atoms with van der Waals surface area (Å²) in [5.41, 5.74) is 0.997. The van der Waals surface area contributed by atoms with Crippen LogP contribution < -0.4 is 10.0 Å². The monoisotopic (exact) mass is 305 g/mol. The molecule has 19 heavy (non-hydrogen) atoms. The maximum Gasteiger partial charge on any atom is 0.250 e. The van der Waals surface area contributed by atoms with E-state index in [0.717, 1.165) is 25.2 Å². The zero-order valence-corrected chi connectivity index (χ0v) is 13.4. The standard InChI is InChI=1S/C12H23N3O2S2/c1-4-15(5-2)7-6-14-19(16,17)12-8-11(9-13-3)10-18-12/h8,10,13-14H,4-7,9H2,1-3H3. The Balaban J connectivity index is 2.55. The van der Waals surface area contributed by atoms with Gasteiger partial charge in [0.2, 0.25) is 10.0 Å². The molecule has 110 valence electrons. The highest BCUT2D eigenvalue weighted by Gasteiger charge is 2.16. The van der Waals surface area contributed by atoms with Gasteiger partial charge in [0, 0.05) is 19.6 Å². The zero-order chi connectivity index (χ0) is 14.3.